The fraction of sp³-hybridized carbons (Fsp3) is 0.0714. The maximum atomic E-state index is 11.7. The standard InChI is InChI=1S/C14H11NO4/c1-10-3-2-4-11(9-10)5-6-12(16)13-7-8-14(19-13)15(17)18/h2-9H,1H3/b6-5+. The summed E-state index contributed by atoms with van der Waals surface area (Å²) in [6.07, 6.45) is 2.97. The third kappa shape index (κ3) is 3.16. The van der Waals surface area contributed by atoms with Gasteiger partial charge in [0.15, 0.2) is 5.76 Å². The van der Waals surface area contributed by atoms with Gasteiger partial charge in [0.05, 0.1) is 6.07 Å². The van der Waals surface area contributed by atoms with Crippen LogP contribution in [0.2, 0.25) is 0 Å². The number of furan rings is 1. The smallest absolute Gasteiger partial charge is 0.397 e. The predicted molar refractivity (Wildman–Crippen MR) is 69.9 cm³/mol. The largest absolute Gasteiger partial charge is 0.433 e. The second-order valence-electron chi connectivity index (χ2n) is 4.01. The van der Waals surface area contributed by atoms with Gasteiger partial charge >= 0.3 is 5.88 Å². The molecule has 2 rings (SSSR count). The number of benzene rings is 1. The van der Waals surface area contributed by atoms with E-state index < -0.39 is 16.6 Å². The molecule has 0 atom stereocenters. The maximum absolute atomic E-state index is 11.7. The van der Waals surface area contributed by atoms with Crippen LogP contribution in [0.5, 0.6) is 0 Å². The lowest BCUT2D eigenvalue weighted by Gasteiger charge is -1.94. The summed E-state index contributed by atoms with van der Waals surface area (Å²) in [5.41, 5.74) is 1.97. The molecule has 0 saturated heterocycles. The van der Waals surface area contributed by atoms with E-state index in [1.54, 1.807) is 6.08 Å². The molecule has 5 nitrogen and oxygen atoms in total. The van der Waals surface area contributed by atoms with Crippen molar-refractivity contribution in [2.45, 2.75) is 6.92 Å². The highest BCUT2D eigenvalue weighted by atomic mass is 16.6. The Bertz CT molecular complexity index is 655. The second-order valence-corrected chi connectivity index (χ2v) is 4.01. The van der Waals surface area contributed by atoms with Gasteiger partial charge in [0.2, 0.25) is 5.78 Å². The van der Waals surface area contributed by atoms with Crippen LogP contribution in [0.4, 0.5) is 5.88 Å². The van der Waals surface area contributed by atoms with Crippen LogP contribution in [0.3, 0.4) is 0 Å². The summed E-state index contributed by atoms with van der Waals surface area (Å²) < 4.78 is 4.82. The summed E-state index contributed by atoms with van der Waals surface area (Å²) in [7, 11) is 0. The zero-order chi connectivity index (χ0) is 13.8. The molecule has 0 saturated carbocycles. The van der Waals surface area contributed by atoms with E-state index in [2.05, 4.69) is 0 Å². The van der Waals surface area contributed by atoms with Crippen molar-refractivity contribution in [1.82, 2.24) is 0 Å². The number of allylic oxidation sites excluding steroid dienone is 1. The van der Waals surface area contributed by atoms with Crippen molar-refractivity contribution in [3.63, 3.8) is 0 Å². The molecule has 5 heteroatoms. The van der Waals surface area contributed by atoms with Gasteiger partial charge in [-0.1, -0.05) is 35.9 Å². The summed E-state index contributed by atoms with van der Waals surface area (Å²) in [6.45, 7) is 1.95. The molecule has 0 aliphatic rings. The Morgan fingerprint density at radius 1 is 1.32 bits per heavy atom. The van der Waals surface area contributed by atoms with Gasteiger partial charge in [0.25, 0.3) is 0 Å². The molecule has 96 valence electrons. The molecule has 0 N–H and O–H groups in total. The average molecular weight is 257 g/mol. The van der Waals surface area contributed by atoms with Gasteiger partial charge < -0.3 is 4.42 Å². The highest BCUT2D eigenvalue weighted by Crippen LogP contribution is 2.16. The molecule has 0 radical (unpaired) electrons. The molecule has 1 aromatic heterocycles. The van der Waals surface area contributed by atoms with Crippen molar-refractivity contribution in [3.8, 4) is 0 Å². The zero-order valence-corrected chi connectivity index (χ0v) is 10.2. The van der Waals surface area contributed by atoms with Gasteiger partial charge in [0, 0.05) is 0 Å². The molecule has 0 aliphatic heterocycles. The molecule has 2 aromatic rings. The van der Waals surface area contributed by atoms with Gasteiger partial charge in [-0.3, -0.25) is 14.9 Å². The number of aryl methyl sites for hydroxylation is 1. The summed E-state index contributed by atoms with van der Waals surface area (Å²) in [6, 6.07) is 10.1. The maximum Gasteiger partial charge on any atom is 0.433 e. The lowest BCUT2D eigenvalue weighted by Crippen LogP contribution is -1.91. The average Bonchev–Trinajstić information content (AvgIpc) is 2.86. The minimum absolute atomic E-state index is 0.0457. The van der Waals surface area contributed by atoms with E-state index in [1.807, 2.05) is 31.2 Å². The molecule has 1 heterocycles. The topological polar surface area (TPSA) is 73.3 Å². The monoisotopic (exact) mass is 257 g/mol. The lowest BCUT2D eigenvalue weighted by molar-refractivity contribution is -0.402. The second kappa shape index (κ2) is 5.30. The van der Waals surface area contributed by atoms with Crippen LogP contribution < -0.4 is 0 Å². The van der Waals surface area contributed by atoms with E-state index in [1.165, 1.54) is 12.1 Å². The normalized spacial score (nSPS) is 10.8. The number of ketones is 1. The van der Waals surface area contributed by atoms with Gasteiger partial charge in [0.1, 0.15) is 4.92 Å². The first-order chi connectivity index (χ1) is 9.06. The first-order valence-corrected chi connectivity index (χ1v) is 5.59. The Kier molecular flexibility index (Phi) is 3.56. The molecule has 19 heavy (non-hydrogen) atoms. The van der Waals surface area contributed by atoms with E-state index in [0.717, 1.165) is 17.2 Å². The van der Waals surface area contributed by atoms with Gasteiger partial charge in [-0.15, -0.1) is 0 Å². The number of rotatable bonds is 4. The Morgan fingerprint density at radius 3 is 2.74 bits per heavy atom. The highest BCUT2D eigenvalue weighted by molar-refractivity contribution is 6.05. The number of nitro groups is 1. The first kappa shape index (κ1) is 12.8. The summed E-state index contributed by atoms with van der Waals surface area (Å²) in [5.74, 6) is -0.891. The molecular weight excluding hydrogens is 246 g/mol. The van der Waals surface area contributed by atoms with E-state index in [-0.39, 0.29) is 5.76 Å². The van der Waals surface area contributed by atoms with Crippen molar-refractivity contribution in [2.75, 3.05) is 0 Å². The van der Waals surface area contributed by atoms with E-state index in [4.69, 9.17) is 4.42 Å². The Balaban J connectivity index is 2.14. The van der Waals surface area contributed by atoms with Crippen LogP contribution in [0.15, 0.2) is 46.9 Å². The molecule has 0 bridgehead atoms. The fourth-order valence-corrected chi connectivity index (χ4v) is 1.59. The minimum atomic E-state index is -0.680. The lowest BCUT2D eigenvalue weighted by atomic mass is 10.1. The van der Waals surface area contributed by atoms with Crippen LogP contribution in [-0.4, -0.2) is 10.7 Å². The SMILES string of the molecule is Cc1cccc(/C=C/C(=O)c2ccc([N+](=O)[O-])o2)c1. The number of nitrogens with zero attached hydrogens (tertiary/aromatic N) is 1. The summed E-state index contributed by atoms with van der Waals surface area (Å²) in [5, 5.41) is 10.4. The Morgan fingerprint density at radius 2 is 2.11 bits per heavy atom. The number of hydrogen-bond acceptors (Lipinski definition) is 4. The van der Waals surface area contributed by atoms with E-state index >= 15 is 0 Å². The molecule has 0 unspecified atom stereocenters. The van der Waals surface area contributed by atoms with Gasteiger partial charge in [-0.05, 0) is 24.6 Å². The zero-order valence-electron chi connectivity index (χ0n) is 10.2. The van der Waals surface area contributed by atoms with Crippen LogP contribution in [0, 0.1) is 17.0 Å². The van der Waals surface area contributed by atoms with Crippen molar-refractivity contribution in [1.29, 1.82) is 0 Å². The molecular formula is C14H11NO4. The first-order valence-electron chi connectivity index (χ1n) is 5.59. The molecule has 1 aromatic carbocycles. The van der Waals surface area contributed by atoms with Crippen LogP contribution in [-0.2, 0) is 0 Å². The predicted octanol–water partition coefficient (Wildman–Crippen LogP) is 3.39. The summed E-state index contributed by atoms with van der Waals surface area (Å²) >= 11 is 0. The van der Waals surface area contributed by atoms with E-state index in [0.29, 0.717) is 0 Å². The van der Waals surface area contributed by atoms with Gasteiger partial charge in [-0.25, -0.2) is 0 Å². The Hall–Kier alpha value is -2.69. The minimum Gasteiger partial charge on any atom is -0.397 e. The molecule has 0 amide bonds. The summed E-state index contributed by atoms with van der Waals surface area (Å²) in [4.78, 5) is 21.5. The van der Waals surface area contributed by atoms with Crippen LogP contribution >= 0.6 is 0 Å². The van der Waals surface area contributed by atoms with Crippen LogP contribution in [0.1, 0.15) is 21.7 Å². The van der Waals surface area contributed by atoms with Crippen molar-refractivity contribution in [2.24, 2.45) is 0 Å². The third-order valence-corrected chi connectivity index (χ3v) is 2.48. The fourth-order valence-electron chi connectivity index (χ4n) is 1.59. The van der Waals surface area contributed by atoms with Gasteiger partial charge in [-0.2, -0.15) is 0 Å². The Labute approximate surface area is 109 Å². The van der Waals surface area contributed by atoms with Crippen molar-refractivity contribution in [3.05, 3.63) is 69.5 Å². The molecule has 0 spiro atoms. The highest BCUT2D eigenvalue weighted by Gasteiger charge is 2.15. The van der Waals surface area contributed by atoms with E-state index in [9.17, 15) is 14.9 Å². The number of carbonyl (C=O) groups excluding carboxylic acids is 1. The van der Waals surface area contributed by atoms with Crippen LogP contribution in [0.25, 0.3) is 6.08 Å². The van der Waals surface area contributed by atoms with Crippen molar-refractivity contribution < 1.29 is 14.1 Å². The quantitative estimate of drug-likeness (QED) is 0.364. The number of hydrogen-bond donors (Lipinski definition) is 0. The molecule has 0 aliphatic carbocycles. The third-order valence-electron chi connectivity index (χ3n) is 2.48. The van der Waals surface area contributed by atoms with Crippen molar-refractivity contribution >= 4 is 17.7 Å². The molecule has 0 fully saturated rings. The number of carbonyl (C=O) groups is 1.